The highest BCUT2D eigenvalue weighted by Crippen LogP contribution is 1.65. The molecule has 52 valence electrons. The number of rotatable bonds is 3. The first-order valence-electron chi connectivity index (χ1n) is 2.72. The van der Waals surface area contributed by atoms with E-state index in [4.69, 9.17) is 0 Å². The minimum absolute atomic E-state index is 0.970. The Bertz CT molecular complexity index is 112. The van der Waals surface area contributed by atoms with Crippen LogP contribution in [-0.2, 0) is 0 Å². The van der Waals surface area contributed by atoms with Crippen LogP contribution in [0, 0.1) is 0 Å². The third-order valence-corrected chi connectivity index (χ3v) is 0.540. The molecule has 0 spiro atoms. The monoisotopic (exact) mass is 128 g/mol. The Labute approximate surface area is 55.0 Å². The Hall–Kier alpha value is -1.06. The summed E-state index contributed by atoms with van der Waals surface area (Å²) in [5.41, 5.74) is 6.17. The number of hydrogen-bond donors (Lipinski definition) is 2. The highest BCUT2D eigenvalue weighted by atomic mass is 15.4. The standard InChI is InChI=1S/C5H12N4/c1-5(2)9-8-4-7-6-3/h4,6H,1-3H3,(H,7,8). The third-order valence-electron chi connectivity index (χ3n) is 0.540. The lowest BCUT2D eigenvalue weighted by molar-refractivity contribution is 0.886. The van der Waals surface area contributed by atoms with Gasteiger partial charge in [0.2, 0.25) is 0 Å². The first-order valence-corrected chi connectivity index (χ1v) is 2.72. The van der Waals surface area contributed by atoms with Crippen molar-refractivity contribution in [1.29, 1.82) is 0 Å². The quantitative estimate of drug-likeness (QED) is 0.322. The van der Waals surface area contributed by atoms with E-state index in [-0.39, 0.29) is 0 Å². The van der Waals surface area contributed by atoms with Crippen LogP contribution in [0.1, 0.15) is 13.8 Å². The zero-order chi connectivity index (χ0) is 7.11. The van der Waals surface area contributed by atoms with Gasteiger partial charge in [0, 0.05) is 12.8 Å². The lowest BCUT2D eigenvalue weighted by Crippen LogP contribution is -2.07. The molecule has 9 heavy (non-hydrogen) atoms. The first-order chi connectivity index (χ1) is 4.27. The van der Waals surface area contributed by atoms with E-state index < -0.39 is 0 Å². The fourth-order valence-corrected chi connectivity index (χ4v) is 0.251. The Morgan fingerprint density at radius 1 is 1.44 bits per heavy atom. The molecule has 0 aromatic rings. The van der Waals surface area contributed by atoms with Crippen molar-refractivity contribution < 1.29 is 0 Å². The van der Waals surface area contributed by atoms with Gasteiger partial charge in [0.05, 0.1) is 0 Å². The molecule has 0 radical (unpaired) electrons. The summed E-state index contributed by atoms with van der Waals surface area (Å²) >= 11 is 0. The SMILES string of the molecule is CN/N=C/NN=C(C)C. The molecule has 0 amide bonds. The molecule has 0 rings (SSSR count). The molecule has 0 aromatic carbocycles. The van der Waals surface area contributed by atoms with Gasteiger partial charge >= 0.3 is 0 Å². The zero-order valence-electron chi connectivity index (χ0n) is 5.97. The van der Waals surface area contributed by atoms with E-state index in [9.17, 15) is 0 Å². The average molecular weight is 128 g/mol. The Balaban J connectivity index is 3.29. The number of hydrazone groups is 2. The Kier molecular flexibility index (Phi) is 4.49. The van der Waals surface area contributed by atoms with Gasteiger partial charge in [-0.2, -0.15) is 10.2 Å². The van der Waals surface area contributed by atoms with Crippen LogP contribution < -0.4 is 10.9 Å². The van der Waals surface area contributed by atoms with Gasteiger partial charge in [-0.05, 0) is 13.8 Å². The van der Waals surface area contributed by atoms with Crippen molar-refractivity contribution in [2.24, 2.45) is 10.2 Å². The lowest BCUT2D eigenvalue weighted by Gasteiger charge is -1.89. The van der Waals surface area contributed by atoms with Crippen LogP contribution in [0.15, 0.2) is 10.2 Å². The third kappa shape index (κ3) is 6.94. The summed E-state index contributed by atoms with van der Waals surface area (Å²) in [6, 6.07) is 0. The normalized spacial score (nSPS) is 9.22. The van der Waals surface area contributed by atoms with Crippen LogP contribution in [0.5, 0.6) is 0 Å². The molecule has 0 aliphatic rings. The van der Waals surface area contributed by atoms with E-state index in [2.05, 4.69) is 21.1 Å². The highest BCUT2D eigenvalue weighted by molar-refractivity contribution is 5.79. The van der Waals surface area contributed by atoms with Crippen molar-refractivity contribution in [1.82, 2.24) is 10.9 Å². The second kappa shape index (κ2) is 5.08. The maximum Gasteiger partial charge on any atom is 0.128 e. The van der Waals surface area contributed by atoms with Gasteiger partial charge in [-0.3, -0.25) is 5.43 Å². The molecule has 0 atom stereocenters. The minimum Gasteiger partial charge on any atom is -0.312 e. The minimum atomic E-state index is 0.970. The molecule has 0 bridgehead atoms. The van der Waals surface area contributed by atoms with Gasteiger partial charge in [0.15, 0.2) is 0 Å². The van der Waals surface area contributed by atoms with Gasteiger partial charge in [-0.15, -0.1) is 0 Å². The first kappa shape index (κ1) is 7.94. The fourth-order valence-electron chi connectivity index (χ4n) is 0.251. The van der Waals surface area contributed by atoms with Crippen molar-refractivity contribution in [2.45, 2.75) is 13.8 Å². The van der Waals surface area contributed by atoms with Gasteiger partial charge < -0.3 is 5.43 Å². The maximum atomic E-state index is 3.84. The largest absolute Gasteiger partial charge is 0.312 e. The Morgan fingerprint density at radius 3 is 2.56 bits per heavy atom. The summed E-state index contributed by atoms with van der Waals surface area (Å²) in [4.78, 5) is 0. The zero-order valence-corrected chi connectivity index (χ0v) is 5.97. The van der Waals surface area contributed by atoms with Crippen LogP contribution in [0.25, 0.3) is 0 Å². The van der Waals surface area contributed by atoms with E-state index in [1.807, 2.05) is 13.8 Å². The van der Waals surface area contributed by atoms with Crippen molar-refractivity contribution in [2.75, 3.05) is 7.05 Å². The molecule has 0 fully saturated rings. The molecule has 2 N–H and O–H groups in total. The molecule has 0 unspecified atom stereocenters. The van der Waals surface area contributed by atoms with Crippen LogP contribution in [0.4, 0.5) is 0 Å². The van der Waals surface area contributed by atoms with Gasteiger partial charge in [-0.25, -0.2) is 0 Å². The van der Waals surface area contributed by atoms with Crippen LogP contribution >= 0.6 is 0 Å². The molecule has 0 saturated heterocycles. The average Bonchev–Trinajstić information content (AvgIpc) is 1.80. The van der Waals surface area contributed by atoms with Crippen LogP contribution in [0.3, 0.4) is 0 Å². The van der Waals surface area contributed by atoms with E-state index in [0.29, 0.717) is 0 Å². The molecular weight excluding hydrogens is 116 g/mol. The van der Waals surface area contributed by atoms with Crippen molar-refractivity contribution in [3.05, 3.63) is 0 Å². The summed E-state index contributed by atoms with van der Waals surface area (Å²) in [6.07, 6.45) is 1.48. The van der Waals surface area contributed by atoms with E-state index in [1.54, 1.807) is 7.05 Å². The van der Waals surface area contributed by atoms with E-state index in [0.717, 1.165) is 5.71 Å². The number of nitrogens with one attached hydrogen (secondary N) is 2. The van der Waals surface area contributed by atoms with Crippen molar-refractivity contribution >= 4 is 12.1 Å². The fraction of sp³-hybridized carbons (Fsp3) is 0.600. The number of nitrogens with zero attached hydrogens (tertiary/aromatic N) is 2. The molecule has 0 saturated carbocycles. The second-order valence-electron chi connectivity index (χ2n) is 1.67. The molecule has 0 heterocycles. The summed E-state index contributed by atoms with van der Waals surface area (Å²) in [7, 11) is 1.72. The smallest absolute Gasteiger partial charge is 0.128 e. The summed E-state index contributed by atoms with van der Waals surface area (Å²) < 4.78 is 0. The topological polar surface area (TPSA) is 48.8 Å². The molecular formula is C5H12N4. The van der Waals surface area contributed by atoms with Crippen LogP contribution in [-0.4, -0.2) is 19.1 Å². The highest BCUT2D eigenvalue weighted by Gasteiger charge is 1.71. The summed E-state index contributed by atoms with van der Waals surface area (Å²) in [5, 5.41) is 7.49. The molecule has 0 aliphatic carbocycles. The van der Waals surface area contributed by atoms with Crippen LogP contribution in [0.2, 0.25) is 0 Å². The van der Waals surface area contributed by atoms with Crippen molar-refractivity contribution in [3.63, 3.8) is 0 Å². The number of hydrogen-bond acceptors (Lipinski definition) is 3. The predicted octanol–water partition coefficient (Wildman–Crippen LogP) is 0.134. The van der Waals surface area contributed by atoms with E-state index in [1.165, 1.54) is 6.34 Å². The van der Waals surface area contributed by atoms with Gasteiger partial charge in [-0.1, -0.05) is 0 Å². The lowest BCUT2D eigenvalue weighted by atomic mass is 10.5. The molecule has 4 heteroatoms. The molecule has 4 nitrogen and oxygen atoms in total. The summed E-state index contributed by atoms with van der Waals surface area (Å²) in [5.74, 6) is 0. The maximum absolute atomic E-state index is 3.84. The summed E-state index contributed by atoms with van der Waals surface area (Å²) in [6.45, 7) is 3.81. The predicted molar refractivity (Wildman–Crippen MR) is 39.5 cm³/mol. The Morgan fingerprint density at radius 2 is 2.11 bits per heavy atom. The van der Waals surface area contributed by atoms with E-state index >= 15 is 0 Å². The molecule has 0 aromatic heterocycles. The van der Waals surface area contributed by atoms with Crippen molar-refractivity contribution in [3.8, 4) is 0 Å². The molecule has 0 aliphatic heterocycles. The second-order valence-corrected chi connectivity index (χ2v) is 1.67. The van der Waals surface area contributed by atoms with Gasteiger partial charge in [0.1, 0.15) is 6.34 Å². The van der Waals surface area contributed by atoms with Gasteiger partial charge in [0.25, 0.3) is 0 Å².